The van der Waals surface area contributed by atoms with Gasteiger partial charge in [0.15, 0.2) is 5.57 Å². The average Bonchev–Trinajstić information content (AvgIpc) is 2.90. The van der Waals surface area contributed by atoms with Crippen LogP contribution in [0.1, 0.15) is 13.8 Å². The molecule has 1 aromatic heterocycles. The number of aromatic hydroxyl groups is 1. The number of thiazole rings is 1. The minimum atomic E-state index is -0.803. The summed E-state index contributed by atoms with van der Waals surface area (Å²) in [6, 6.07) is 5.33. The third-order valence-corrected chi connectivity index (χ3v) is 4.47. The van der Waals surface area contributed by atoms with Gasteiger partial charge in [-0.1, -0.05) is 0 Å². The van der Waals surface area contributed by atoms with Crippen molar-refractivity contribution in [3.8, 4) is 11.8 Å². The van der Waals surface area contributed by atoms with Gasteiger partial charge < -0.3 is 15.2 Å². The quantitative estimate of drug-likeness (QED) is 0.592. The van der Waals surface area contributed by atoms with Gasteiger partial charge >= 0.3 is 5.97 Å². The van der Waals surface area contributed by atoms with Crippen LogP contribution in [-0.2, 0) is 16.1 Å². The molecule has 0 aliphatic heterocycles. The van der Waals surface area contributed by atoms with Crippen LogP contribution in [0.15, 0.2) is 23.0 Å². The van der Waals surface area contributed by atoms with Crippen LogP contribution in [0.2, 0.25) is 0 Å². The first-order valence-corrected chi connectivity index (χ1v) is 8.51. The van der Waals surface area contributed by atoms with E-state index in [1.165, 1.54) is 22.9 Å². The molecule has 0 aliphatic carbocycles. The highest BCUT2D eigenvalue weighted by Crippen LogP contribution is 2.19. The van der Waals surface area contributed by atoms with E-state index in [0.29, 0.717) is 0 Å². The number of nitrogens with zero attached hydrogens (tertiary/aromatic N) is 2. The number of halogens is 1. The van der Waals surface area contributed by atoms with Crippen LogP contribution in [0.25, 0.3) is 11.8 Å². The van der Waals surface area contributed by atoms with Crippen molar-refractivity contribution >= 4 is 34.8 Å². The predicted molar refractivity (Wildman–Crippen MR) is 95.3 cm³/mol. The summed E-state index contributed by atoms with van der Waals surface area (Å²) < 4.78 is 20.2. The van der Waals surface area contributed by atoms with Gasteiger partial charge in [-0.15, -0.1) is 11.3 Å². The Morgan fingerprint density at radius 3 is 2.81 bits per heavy atom. The molecule has 26 heavy (non-hydrogen) atoms. The average molecular weight is 377 g/mol. The Balaban J connectivity index is 2.59. The zero-order chi connectivity index (χ0) is 19.3. The Hall–Kier alpha value is -3.12. The third-order valence-electron chi connectivity index (χ3n) is 3.34. The summed E-state index contributed by atoms with van der Waals surface area (Å²) in [5, 5.41) is 21.1. The lowest BCUT2D eigenvalue weighted by molar-refractivity contribution is -0.136. The Labute approximate surface area is 151 Å². The molecule has 1 aromatic carbocycles. The fraction of sp³-hybridized carbons (Fsp3) is 0.235. The molecule has 2 rings (SSSR count). The zero-order valence-corrected chi connectivity index (χ0v) is 14.9. The second-order valence-corrected chi connectivity index (χ2v) is 6.01. The molecule has 0 unspecified atom stereocenters. The standard InChI is InChI=1S/C17H16FN3O4S/c1-3-21-15(23)14(9-20-13-6-5-10(22)7-12(13)18)26-16(21)11(8-19)17(24)25-4-2/h5-7,9,20,22H,3-4H2,1-2H3. The van der Waals surface area contributed by atoms with E-state index in [0.717, 1.165) is 17.4 Å². The van der Waals surface area contributed by atoms with E-state index in [2.05, 4.69) is 5.32 Å². The van der Waals surface area contributed by atoms with Gasteiger partial charge in [-0.25, -0.2) is 9.18 Å². The molecule has 1 heterocycles. The Kier molecular flexibility index (Phi) is 6.14. The highest BCUT2D eigenvalue weighted by molar-refractivity contribution is 7.07. The maximum Gasteiger partial charge on any atom is 0.351 e. The lowest BCUT2D eigenvalue weighted by atomic mass is 10.3. The highest BCUT2D eigenvalue weighted by atomic mass is 32.1. The number of carbonyl (C=O) groups excluding carboxylic acids is 1. The first-order valence-electron chi connectivity index (χ1n) is 7.69. The highest BCUT2D eigenvalue weighted by Gasteiger charge is 2.16. The first-order chi connectivity index (χ1) is 12.4. The largest absolute Gasteiger partial charge is 0.508 e. The fourth-order valence-electron chi connectivity index (χ4n) is 2.14. The topological polar surface area (TPSA) is 104 Å². The number of carbonyl (C=O) groups is 1. The van der Waals surface area contributed by atoms with Gasteiger partial charge in [-0.2, -0.15) is 5.26 Å². The van der Waals surface area contributed by atoms with E-state index < -0.39 is 17.3 Å². The van der Waals surface area contributed by atoms with Gasteiger partial charge in [0.1, 0.15) is 26.8 Å². The minimum absolute atomic E-state index is 0.0649. The number of esters is 1. The fourth-order valence-corrected chi connectivity index (χ4v) is 3.22. The number of benzene rings is 1. The number of phenolic OH excluding ortho intramolecular Hbond substituents is 1. The van der Waals surface area contributed by atoms with Crippen molar-refractivity contribution in [2.45, 2.75) is 20.4 Å². The van der Waals surface area contributed by atoms with Crippen molar-refractivity contribution in [1.82, 2.24) is 4.57 Å². The number of anilines is 1. The van der Waals surface area contributed by atoms with Crippen molar-refractivity contribution in [3.05, 3.63) is 43.6 Å². The summed E-state index contributed by atoms with van der Waals surface area (Å²) >= 11 is 0.926. The Morgan fingerprint density at radius 1 is 1.50 bits per heavy atom. The Morgan fingerprint density at radius 2 is 2.23 bits per heavy atom. The smallest absolute Gasteiger partial charge is 0.351 e. The van der Waals surface area contributed by atoms with Crippen LogP contribution in [-0.4, -0.2) is 22.2 Å². The van der Waals surface area contributed by atoms with Crippen LogP contribution in [0, 0.1) is 17.1 Å². The van der Waals surface area contributed by atoms with E-state index in [1.807, 2.05) is 0 Å². The van der Waals surface area contributed by atoms with Crippen molar-refractivity contribution < 1.29 is 19.0 Å². The van der Waals surface area contributed by atoms with E-state index in [9.17, 15) is 24.3 Å². The van der Waals surface area contributed by atoms with Gasteiger partial charge in [0, 0.05) is 18.8 Å². The maximum atomic E-state index is 13.7. The van der Waals surface area contributed by atoms with Crippen molar-refractivity contribution in [3.63, 3.8) is 0 Å². The van der Waals surface area contributed by atoms with E-state index >= 15 is 0 Å². The third kappa shape index (κ3) is 3.92. The van der Waals surface area contributed by atoms with E-state index in [4.69, 9.17) is 4.74 Å². The molecule has 2 aromatic rings. The number of nitrogens with one attached hydrogen (secondary N) is 1. The lowest BCUT2D eigenvalue weighted by Crippen LogP contribution is -2.32. The molecule has 9 heteroatoms. The number of rotatable bonds is 5. The molecule has 0 saturated heterocycles. The molecule has 0 saturated carbocycles. The summed E-state index contributed by atoms with van der Waals surface area (Å²) in [4.78, 5) is 24.4. The zero-order valence-electron chi connectivity index (χ0n) is 14.1. The molecular weight excluding hydrogens is 361 g/mol. The van der Waals surface area contributed by atoms with Gasteiger partial charge in [0.25, 0.3) is 5.56 Å². The molecule has 2 N–H and O–H groups in total. The number of ether oxygens (including phenoxy) is 1. The molecule has 0 radical (unpaired) electrons. The maximum absolute atomic E-state index is 13.7. The van der Waals surface area contributed by atoms with Crippen LogP contribution in [0.3, 0.4) is 0 Å². The van der Waals surface area contributed by atoms with Crippen LogP contribution < -0.4 is 20.1 Å². The molecule has 0 atom stereocenters. The number of hydrogen-bond acceptors (Lipinski definition) is 7. The normalized spacial score (nSPS) is 12.5. The molecule has 0 spiro atoms. The summed E-state index contributed by atoms with van der Waals surface area (Å²) in [6.45, 7) is 3.67. The monoisotopic (exact) mass is 377 g/mol. The van der Waals surface area contributed by atoms with Gasteiger partial charge in [-0.3, -0.25) is 9.36 Å². The number of aromatic nitrogens is 1. The summed E-state index contributed by atoms with van der Waals surface area (Å²) in [5.74, 6) is -1.71. The number of hydrogen-bond donors (Lipinski definition) is 2. The predicted octanol–water partition coefficient (Wildman–Crippen LogP) is 0.862. The van der Waals surface area contributed by atoms with Crippen molar-refractivity contribution in [2.75, 3.05) is 11.9 Å². The first kappa shape index (κ1) is 19.2. The summed E-state index contributed by atoms with van der Waals surface area (Å²) in [5.41, 5.74) is -0.613. The summed E-state index contributed by atoms with van der Waals surface area (Å²) in [7, 11) is 0. The van der Waals surface area contributed by atoms with Gasteiger partial charge in [-0.05, 0) is 26.0 Å². The SMILES string of the molecule is CCOC(=O)C(C#N)=c1sc(=CNc2ccc(O)cc2F)c(=O)n1CC. The van der Waals surface area contributed by atoms with Gasteiger partial charge in [0.05, 0.1) is 12.3 Å². The van der Waals surface area contributed by atoms with Crippen LogP contribution >= 0.6 is 11.3 Å². The molecule has 0 aliphatic rings. The van der Waals surface area contributed by atoms with Crippen LogP contribution in [0.5, 0.6) is 5.75 Å². The molecule has 0 bridgehead atoms. The number of nitriles is 1. The molecule has 136 valence electrons. The Bertz CT molecular complexity index is 1050. The number of phenols is 1. The summed E-state index contributed by atoms with van der Waals surface area (Å²) in [6.07, 6.45) is 1.29. The van der Waals surface area contributed by atoms with Gasteiger partial charge in [0.2, 0.25) is 0 Å². The van der Waals surface area contributed by atoms with Crippen molar-refractivity contribution in [1.29, 1.82) is 5.26 Å². The second kappa shape index (κ2) is 8.31. The molecule has 0 amide bonds. The molecule has 7 nitrogen and oxygen atoms in total. The molecule has 0 fully saturated rings. The lowest BCUT2D eigenvalue weighted by Gasteiger charge is -2.01. The van der Waals surface area contributed by atoms with E-state index in [1.54, 1.807) is 19.9 Å². The van der Waals surface area contributed by atoms with E-state index in [-0.39, 0.29) is 39.4 Å². The minimum Gasteiger partial charge on any atom is -0.508 e. The molecular formula is C17H16FN3O4S. The van der Waals surface area contributed by atoms with Crippen molar-refractivity contribution in [2.24, 2.45) is 0 Å². The second-order valence-electron chi connectivity index (χ2n) is 4.98. The van der Waals surface area contributed by atoms with Crippen LogP contribution in [0.4, 0.5) is 10.1 Å².